The molecule has 0 bridgehead atoms. The molecule has 1 unspecified atom stereocenters. The van der Waals surface area contributed by atoms with Gasteiger partial charge in [0.1, 0.15) is 12.7 Å². The van der Waals surface area contributed by atoms with Gasteiger partial charge in [-0.2, -0.15) is 13.1 Å². The Bertz CT molecular complexity index is 620. The minimum Gasteiger partial charge on any atom is -0.486 e. The number of rotatable bonds is 4. The van der Waals surface area contributed by atoms with Crippen molar-refractivity contribution in [2.24, 2.45) is 5.73 Å². The number of benzene rings is 1. The van der Waals surface area contributed by atoms with E-state index >= 15 is 0 Å². The predicted octanol–water partition coefficient (Wildman–Crippen LogP) is 0.410. The molecule has 110 valence electrons. The smallest absolute Gasteiger partial charge is 0.421 e. The highest BCUT2D eigenvalue weighted by Gasteiger charge is 2.24. The highest BCUT2D eigenvalue weighted by atomic mass is 35.5. The van der Waals surface area contributed by atoms with Crippen LogP contribution in [-0.2, 0) is 14.5 Å². The first-order valence-corrected chi connectivity index (χ1v) is 7.22. The maximum atomic E-state index is 11.2. The van der Waals surface area contributed by atoms with Crippen molar-refractivity contribution in [3.05, 3.63) is 23.2 Å². The molecule has 1 aliphatic rings. The molecule has 0 aromatic heterocycles. The van der Waals surface area contributed by atoms with Gasteiger partial charge in [-0.15, -0.1) is 0 Å². The molecule has 1 aromatic carbocycles. The Morgan fingerprint density at radius 3 is 2.95 bits per heavy atom. The van der Waals surface area contributed by atoms with Crippen molar-refractivity contribution in [1.82, 2.24) is 4.72 Å². The van der Waals surface area contributed by atoms with Crippen LogP contribution in [0.3, 0.4) is 0 Å². The second kappa shape index (κ2) is 5.73. The molecular formula is C10H11ClN2O6S. The lowest BCUT2D eigenvalue weighted by atomic mass is 10.2. The predicted molar refractivity (Wildman–Crippen MR) is 69.0 cm³/mol. The summed E-state index contributed by atoms with van der Waals surface area (Å²) in [5.41, 5.74) is 4.62. The molecule has 3 N–H and O–H groups in total. The van der Waals surface area contributed by atoms with E-state index in [2.05, 4.69) is 9.92 Å². The number of primary amides is 1. The van der Waals surface area contributed by atoms with Gasteiger partial charge in [-0.05, 0) is 12.1 Å². The fourth-order valence-corrected chi connectivity index (χ4v) is 2.35. The van der Waals surface area contributed by atoms with Gasteiger partial charge in [0.2, 0.25) is 0 Å². The molecule has 0 fully saturated rings. The number of nitrogens with one attached hydrogen (secondary N) is 1. The van der Waals surface area contributed by atoms with E-state index in [1.807, 2.05) is 4.72 Å². The number of nitrogens with two attached hydrogens (primary N) is 1. The van der Waals surface area contributed by atoms with Crippen LogP contribution in [0.4, 0.5) is 4.79 Å². The summed E-state index contributed by atoms with van der Waals surface area (Å²) in [6.45, 7) is -0.0237. The van der Waals surface area contributed by atoms with Crippen LogP contribution in [0, 0.1) is 0 Å². The van der Waals surface area contributed by atoms with Gasteiger partial charge in [0.15, 0.2) is 11.5 Å². The van der Waals surface area contributed by atoms with Crippen LogP contribution >= 0.6 is 11.6 Å². The third-order valence-corrected chi connectivity index (χ3v) is 3.44. The Balaban J connectivity index is 1.94. The van der Waals surface area contributed by atoms with E-state index in [0.29, 0.717) is 16.5 Å². The maximum absolute atomic E-state index is 11.2. The van der Waals surface area contributed by atoms with Gasteiger partial charge in [0.25, 0.3) is 0 Å². The van der Waals surface area contributed by atoms with Crippen LogP contribution < -0.4 is 19.9 Å². The fraction of sp³-hybridized carbons (Fsp3) is 0.300. The number of hydrogen-bond donors (Lipinski definition) is 2. The average Bonchev–Trinajstić information content (AvgIpc) is 2.35. The number of carbonyl (C=O) groups excluding carboxylic acids is 1. The summed E-state index contributed by atoms with van der Waals surface area (Å²) in [7, 11) is -4.25. The molecule has 1 heterocycles. The molecule has 0 saturated carbocycles. The Labute approximate surface area is 120 Å². The molecule has 0 radical (unpaired) electrons. The van der Waals surface area contributed by atoms with E-state index in [0.717, 1.165) is 0 Å². The Hall–Kier alpha value is -1.71. The van der Waals surface area contributed by atoms with Crippen molar-refractivity contribution in [3.8, 4) is 11.5 Å². The van der Waals surface area contributed by atoms with Crippen molar-refractivity contribution in [3.63, 3.8) is 0 Å². The molecule has 8 nitrogen and oxygen atoms in total. The van der Waals surface area contributed by atoms with Crippen molar-refractivity contribution in [2.45, 2.75) is 6.10 Å². The molecule has 10 heteroatoms. The number of carbonyl (C=O) groups is 1. The van der Waals surface area contributed by atoms with Gasteiger partial charge in [-0.3, -0.25) is 0 Å². The third kappa shape index (κ3) is 3.89. The monoisotopic (exact) mass is 322 g/mol. The van der Waals surface area contributed by atoms with Crippen LogP contribution in [0.25, 0.3) is 0 Å². The summed E-state index contributed by atoms with van der Waals surface area (Å²) >= 11 is 5.79. The molecule has 1 amide bonds. The molecule has 0 spiro atoms. The SMILES string of the molecule is NC(=O)OS(=O)(=O)NCC1COc2cc(Cl)ccc2O1. The third-order valence-electron chi connectivity index (χ3n) is 2.30. The summed E-state index contributed by atoms with van der Waals surface area (Å²) in [5.74, 6) is 0.922. The normalized spacial score (nSPS) is 17.6. The van der Waals surface area contributed by atoms with Crippen LogP contribution in [0.15, 0.2) is 18.2 Å². The highest BCUT2D eigenvalue weighted by molar-refractivity contribution is 7.85. The lowest BCUT2D eigenvalue weighted by Crippen LogP contribution is -2.42. The van der Waals surface area contributed by atoms with E-state index in [-0.39, 0.29) is 13.2 Å². The minimum atomic E-state index is -4.25. The van der Waals surface area contributed by atoms with Crippen LogP contribution in [-0.4, -0.2) is 33.8 Å². The Morgan fingerprint density at radius 2 is 2.25 bits per heavy atom. The first-order valence-electron chi connectivity index (χ1n) is 5.43. The van der Waals surface area contributed by atoms with Gasteiger partial charge in [-0.1, -0.05) is 11.6 Å². The topological polar surface area (TPSA) is 117 Å². The quantitative estimate of drug-likeness (QED) is 0.829. The van der Waals surface area contributed by atoms with Crippen LogP contribution in [0.1, 0.15) is 0 Å². The lowest BCUT2D eigenvalue weighted by molar-refractivity contribution is 0.0937. The van der Waals surface area contributed by atoms with E-state index in [1.54, 1.807) is 18.2 Å². The second-order valence-corrected chi connectivity index (χ2v) is 5.65. The highest BCUT2D eigenvalue weighted by Crippen LogP contribution is 2.33. The first kappa shape index (κ1) is 14.7. The van der Waals surface area contributed by atoms with Gasteiger partial charge in [0.05, 0.1) is 6.54 Å². The Morgan fingerprint density at radius 1 is 1.50 bits per heavy atom. The van der Waals surface area contributed by atoms with Gasteiger partial charge in [-0.25, -0.2) is 4.79 Å². The summed E-state index contributed by atoms with van der Waals surface area (Å²) in [5, 5.41) is 0.501. The standard InChI is InChI=1S/C10H11ClN2O6S/c11-6-1-2-8-9(3-6)17-5-7(18-8)4-13-20(15,16)19-10(12)14/h1-3,7,13H,4-5H2,(H2,12,14). The number of hydrogen-bond acceptors (Lipinski definition) is 6. The molecule has 1 atom stereocenters. The van der Waals surface area contributed by atoms with E-state index in [9.17, 15) is 13.2 Å². The zero-order chi connectivity index (χ0) is 14.8. The maximum Gasteiger partial charge on any atom is 0.421 e. The lowest BCUT2D eigenvalue weighted by Gasteiger charge is -2.26. The van der Waals surface area contributed by atoms with Crippen molar-refractivity contribution in [2.75, 3.05) is 13.2 Å². The number of amides is 1. The zero-order valence-electron chi connectivity index (χ0n) is 10.0. The molecular weight excluding hydrogens is 312 g/mol. The van der Waals surface area contributed by atoms with Crippen LogP contribution in [0.2, 0.25) is 5.02 Å². The summed E-state index contributed by atoms with van der Waals surface area (Å²) in [4.78, 5) is 10.4. The zero-order valence-corrected chi connectivity index (χ0v) is 11.6. The van der Waals surface area contributed by atoms with E-state index < -0.39 is 22.5 Å². The van der Waals surface area contributed by atoms with Gasteiger partial charge < -0.3 is 19.4 Å². The Kier molecular flexibility index (Phi) is 4.21. The van der Waals surface area contributed by atoms with Gasteiger partial charge in [0, 0.05) is 11.1 Å². The molecule has 20 heavy (non-hydrogen) atoms. The largest absolute Gasteiger partial charge is 0.486 e. The minimum absolute atomic E-state index is 0.117. The fourth-order valence-electron chi connectivity index (χ4n) is 1.52. The van der Waals surface area contributed by atoms with Crippen molar-refractivity contribution >= 4 is 28.0 Å². The summed E-state index contributed by atoms with van der Waals surface area (Å²) in [6, 6.07) is 4.82. The van der Waals surface area contributed by atoms with Gasteiger partial charge >= 0.3 is 16.4 Å². The second-order valence-electron chi connectivity index (χ2n) is 3.85. The van der Waals surface area contributed by atoms with E-state index in [1.165, 1.54) is 0 Å². The number of halogens is 1. The van der Waals surface area contributed by atoms with Crippen molar-refractivity contribution < 1.29 is 26.9 Å². The average molecular weight is 323 g/mol. The first-order chi connectivity index (χ1) is 9.35. The summed E-state index contributed by atoms with van der Waals surface area (Å²) < 4.78 is 39.3. The van der Waals surface area contributed by atoms with Crippen LogP contribution in [0.5, 0.6) is 11.5 Å². The number of ether oxygens (including phenoxy) is 2. The molecule has 1 aliphatic heterocycles. The number of fused-ring (bicyclic) bond motifs is 1. The molecule has 1 aromatic rings. The molecule has 0 saturated heterocycles. The van der Waals surface area contributed by atoms with Crippen molar-refractivity contribution in [1.29, 1.82) is 0 Å². The summed E-state index contributed by atoms with van der Waals surface area (Å²) in [6.07, 6.45) is -1.99. The molecule has 2 rings (SSSR count). The van der Waals surface area contributed by atoms with E-state index in [4.69, 9.17) is 21.1 Å². The molecule has 0 aliphatic carbocycles.